The quantitative estimate of drug-likeness (QED) is 0.0941. The van der Waals surface area contributed by atoms with E-state index < -0.39 is 6.10 Å². The maximum atomic E-state index is 11.8. The highest BCUT2D eigenvalue weighted by Crippen LogP contribution is 2.35. The fourth-order valence-corrected chi connectivity index (χ4v) is 7.20. The fraction of sp³-hybridized carbons (Fsp3) is 0.943. The zero-order valence-corrected chi connectivity index (χ0v) is 26.8. The van der Waals surface area contributed by atoms with E-state index in [4.69, 9.17) is 14.2 Å². The smallest absolute Gasteiger partial charge is 0.309 e. The number of carbonyl (C=O) groups excluding carboxylic acids is 2. The predicted molar refractivity (Wildman–Crippen MR) is 165 cm³/mol. The molecule has 7 heteroatoms. The van der Waals surface area contributed by atoms with Crippen LogP contribution in [0.25, 0.3) is 0 Å². The molecule has 1 unspecified atom stereocenters. The second-order valence-electron chi connectivity index (χ2n) is 13.6. The third-order valence-corrected chi connectivity index (χ3v) is 9.77. The Bertz CT molecular complexity index is 758. The number of hydrogen-bond donors (Lipinski definition) is 2. The van der Waals surface area contributed by atoms with Gasteiger partial charge in [0.25, 0.3) is 0 Å². The van der Waals surface area contributed by atoms with Crippen LogP contribution in [0.5, 0.6) is 0 Å². The summed E-state index contributed by atoms with van der Waals surface area (Å²) in [4.78, 5) is 23.1. The van der Waals surface area contributed by atoms with Gasteiger partial charge in [-0.05, 0) is 64.7 Å². The molecule has 8 atom stereocenters. The summed E-state index contributed by atoms with van der Waals surface area (Å²) >= 11 is 0. The Morgan fingerprint density at radius 1 is 0.738 bits per heavy atom. The molecule has 3 fully saturated rings. The normalized spacial score (nSPS) is 29.2. The van der Waals surface area contributed by atoms with Crippen LogP contribution in [0.4, 0.5) is 0 Å². The van der Waals surface area contributed by atoms with E-state index in [1.807, 2.05) is 0 Å². The number of ether oxygens (including phenoxy) is 3. The number of ketones is 1. The van der Waals surface area contributed by atoms with Crippen molar-refractivity contribution in [3.8, 4) is 0 Å². The van der Waals surface area contributed by atoms with Crippen LogP contribution in [0.15, 0.2) is 0 Å². The molecule has 3 rings (SSSR count). The summed E-state index contributed by atoms with van der Waals surface area (Å²) in [6.07, 6.45) is 23.2. The third kappa shape index (κ3) is 12.9. The molecular formula is C35H62O7. The molecule has 0 radical (unpaired) electrons. The van der Waals surface area contributed by atoms with Crippen molar-refractivity contribution >= 4 is 11.8 Å². The van der Waals surface area contributed by atoms with Crippen LogP contribution < -0.4 is 0 Å². The Kier molecular flexibility index (Phi) is 17.0. The first-order chi connectivity index (χ1) is 20.4. The van der Waals surface area contributed by atoms with Gasteiger partial charge in [-0.1, -0.05) is 90.4 Å². The average Bonchev–Trinajstić information content (AvgIpc) is 3.72. The van der Waals surface area contributed by atoms with Crippen LogP contribution in [0, 0.1) is 5.92 Å². The number of aliphatic hydroxyl groups excluding tert-OH is 2. The van der Waals surface area contributed by atoms with Crippen LogP contribution in [-0.4, -0.2) is 64.7 Å². The van der Waals surface area contributed by atoms with Gasteiger partial charge in [0.2, 0.25) is 0 Å². The van der Waals surface area contributed by atoms with Crippen LogP contribution >= 0.6 is 0 Å². The summed E-state index contributed by atoms with van der Waals surface area (Å²) in [5, 5.41) is 21.4. The molecule has 2 N–H and O–H groups in total. The van der Waals surface area contributed by atoms with Gasteiger partial charge in [0.15, 0.2) is 0 Å². The van der Waals surface area contributed by atoms with Gasteiger partial charge >= 0.3 is 5.97 Å². The minimum Gasteiger partial charge on any atom is -0.462 e. The highest BCUT2D eigenvalue weighted by atomic mass is 16.6. The molecule has 3 heterocycles. The van der Waals surface area contributed by atoms with Crippen LogP contribution in [0.1, 0.15) is 162 Å². The van der Waals surface area contributed by atoms with Crippen LogP contribution in [0.3, 0.4) is 0 Å². The number of aliphatic hydroxyl groups is 2. The van der Waals surface area contributed by atoms with Crippen molar-refractivity contribution < 1.29 is 34.0 Å². The number of hydrogen-bond acceptors (Lipinski definition) is 7. The van der Waals surface area contributed by atoms with E-state index in [1.165, 1.54) is 64.7 Å². The maximum Gasteiger partial charge on any atom is 0.309 e. The number of carbonyl (C=O) groups is 2. The largest absolute Gasteiger partial charge is 0.462 e. The average molecular weight is 595 g/mol. The molecule has 3 aliphatic heterocycles. The van der Waals surface area contributed by atoms with Crippen molar-refractivity contribution in [2.24, 2.45) is 5.92 Å². The Morgan fingerprint density at radius 2 is 1.21 bits per heavy atom. The van der Waals surface area contributed by atoms with E-state index in [0.29, 0.717) is 12.8 Å². The lowest BCUT2D eigenvalue weighted by molar-refractivity contribution is -0.145. The topological polar surface area (TPSA) is 102 Å². The zero-order chi connectivity index (χ0) is 30.2. The summed E-state index contributed by atoms with van der Waals surface area (Å²) in [7, 11) is 0. The van der Waals surface area contributed by atoms with Gasteiger partial charge in [-0.3, -0.25) is 4.79 Å². The molecule has 0 aromatic heterocycles. The van der Waals surface area contributed by atoms with E-state index in [9.17, 15) is 19.8 Å². The van der Waals surface area contributed by atoms with E-state index in [-0.39, 0.29) is 54.3 Å². The van der Waals surface area contributed by atoms with E-state index in [2.05, 4.69) is 6.92 Å². The maximum absolute atomic E-state index is 11.8. The van der Waals surface area contributed by atoms with E-state index in [0.717, 1.165) is 77.0 Å². The predicted octanol–water partition coefficient (Wildman–Crippen LogP) is 7.37. The molecule has 42 heavy (non-hydrogen) atoms. The minimum absolute atomic E-state index is 0.00243. The molecule has 0 amide bonds. The molecule has 0 aromatic carbocycles. The summed E-state index contributed by atoms with van der Waals surface area (Å²) in [6, 6.07) is 0. The van der Waals surface area contributed by atoms with Crippen molar-refractivity contribution in [3.63, 3.8) is 0 Å². The number of cyclic esters (lactones) is 1. The van der Waals surface area contributed by atoms with Crippen molar-refractivity contribution in [1.29, 1.82) is 0 Å². The lowest BCUT2D eigenvalue weighted by Gasteiger charge is -2.24. The summed E-state index contributed by atoms with van der Waals surface area (Å²) < 4.78 is 18.0. The number of rotatable bonds is 23. The molecule has 3 aliphatic rings. The SMILES string of the molecule is CCCCCCCC[C@H](O)[C@H]1CC[C@H]([C@H]2CC[C@H]([C@H](O)CCCCCCCCCC[C@@H]3CC(CC(C)=O)C(=O)O3)O2)O1. The van der Waals surface area contributed by atoms with Gasteiger partial charge < -0.3 is 29.2 Å². The van der Waals surface area contributed by atoms with Crippen LogP contribution in [-0.2, 0) is 23.8 Å². The minimum atomic E-state index is -0.398. The number of unbranched alkanes of at least 4 members (excludes halogenated alkanes) is 12. The summed E-state index contributed by atoms with van der Waals surface area (Å²) in [5.74, 6) is -0.349. The van der Waals surface area contributed by atoms with Gasteiger partial charge in [-0.2, -0.15) is 0 Å². The van der Waals surface area contributed by atoms with Crippen molar-refractivity contribution in [2.45, 2.75) is 204 Å². The second kappa shape index (κ2) is 20.1. The van der Waals surface area contributed by atoms with Gasteiger partial charge in [-0.15, -0.1) is 0 Å². The molecule has 7 nitrogen and oxygen atoms in total. The number of esters is 1. The lowest BCUT2D eigenvalue weighted by Crippen LogP contribution is -2.33. The Labute approximate surface area is 255 Å². The summed E-state index contributed by atoms with van der Waals surface area (Å²) in [5.41, 5.74) is 0. The summed E-state index contributed by atoms with van der Waals surface area (Å²) in [6.45, 7) is 3.77. The first-order valence-electron chi connectivity index (χ1n) is 17.7. The van der Waals surface area contributed by atoms with E-state index in [1.54, 1.807) is 0 Å². The van der Waals surface area contributed by atoms with Crippen molar-refractivity contribution in [2.75, 3.05) is 0 Å². The Hall–Kier alpha value is -1.02. The molecule has 0 aromatic rings. The highest BCUT2D eigenvalue weighted by molar-refractivity contribution is 5.83. The monoisotopic (exact) mass is 594 g/mol. The van der Waals surface area contributed by atoms with Gasteiger partial charge in [0.05, 0.1) is 42.5 Å². The molecule has 3 saturated heterocycles. The molecule has 0 bridgehead atoms. The second-order valence-corrected chi connectivity index (χ2v) is 13.6. The first-order valence-corrected chi connectivity index (χ1v) is 17.7. The lowest BCUT2D eigenvalue weighted by atomic mass is 9.96. The molecule has 244 valence electrons. The Morgan fingerprint density at radius 3 is 1.71 bits per heavy atom. The first kappa shape index (κ1) is 35.5. The number of Topliss-reactive ketones (excluding diaryl/α,β-unsaturated/α-hetero) is 1. The zero-order valence-electron chi connectivity index (χ0n) is 26.8. The van der Waals surface area contributed by atoms with Gasteiger partial charge in [-0.25, -0.2) is 0 Å². The molecule has 0 aliphatic carbocycles. The highest BCUT2D eigenvalue weighted by Gasteiger charge is 2.40. The Balaban J connectivity index is 1.14. The fourth-order valence-electron chi connectivity index (χ4n) is 7.20. The van der Waals surface area contributed by atoms with Gasteiger partial charge in [0, 0.05) is 6.42 Å². The molecule has 0 saturated carbocycles. The van der Waals surface area contributed by atoms with Gasteiger partial charge in [0.1, 0.15) is 11.9 Å². The molecular weight excluding hydrogens is 532 g/mol. The van der Waals surface area contributed by atoms with Crippen molar-refractivity contribution in [3.05, 3.63) is 0 Å². The third-order valence-electron chi connectivity index (χ3n) is 9.77. The van der Waals surface area contributed by atoms with Crippen LogP contribution in [0.2, 0.25) is 0 Å². The van der Waals surface area contributed by atoms with E-state index >= 15 is 0 Å². The van der Waals surface area contributed by atoms with Crippen molar-refractivity contribution in [1.82, 2.24) is 0 Å². The standard InChI is InChI=1S/C35H62O7/c1-3-4-5-6-12-15-18-29(37)31-20-22-33(41-31)34-23-21-32(42-34)30(38)19-16-13-10-8-7-9-11-14-17-28-25-27(24-26(2)36)35(39)40-28/h27-34,37-38H,3-25H2,1-2H3/t27?,28-,29+,30-,31-,32-,33-,34-/m1/s1. The molecule has 0 spiro atoms.